The molecule has 2 aromatic heterocycles. The number of nitrogens with zero attached hydrogens (tertiary/aromatic N) is 2. The van der Waals surface area contributed by atoms with Crippen LogP contribution in [0.3, 0.4) is 0 Å². The molecule has 1 saturated heterocycles. The Labute approximate surface area is 100 Å². The van der Waals surface area contributed by atoms with Gasteiger partial charge in [-0.3, -0.25) is 8.61 Å². The molecule has 2 aromatic rings. The van der Waals surface area contributed by atoms with Crippen LogP contribution in [-0.4, -0.2) is 32.4 Å². The molecule has 1 atom stereocenters. The van der Waals surface area contributed by atoms with Crippen molar-refractivity contribution in [2.75, 3.05) is 18.8 Å². The third kappa shape index (κ3) is 2.05. The van der Waals surface area contributed by atoms with Crippen molar-refractivity contribution in [2.24, 2.45) is 5.92 Å². The average Bonchev–Trinajstić information content (AvgIpc) is 2.71. The molecule has 3 heterocycles. The van der Waals surface area contributed by atoms with E-state index in [0.29, 0.717) is 11.7 Å². The molecule has 6 heteroatoms. The zero-order valence-corrected chi connectivity index (χ0v) is 10.4. The largest absolute Gasteiger partial charge is 0.316 e. The minimum absolute atomic E-state index is 0.588. The summed E-state index contributed by atoms with van der Waals surface area (Å²) in [5.41, 5.74) is 0.942. The lowest BCUT2D eigenvalue weighted by Gasteiger charge is -2.26. The molecule has 1 fully saturated rings. The number of thiazole rings is 1. The van der Waals surface area contributed by atoms with E-state index in [1.54, 1.807) is 11.3 Å². The van der Waals surface area contributed by atoms with Crippen molar-refractivity contribution < 1.29 is 4.21 Å². The number of aromatic nitrogens is 2. The summed E-state index contributed by atoms with van der Waals surface area (Å²) >= 11 is 1.61. The van der Waals surface area contributed by atoms with E-state index in [1.807, 2.05) is 22.2 Å². The monoisotopic (exact) mass is 255 g/mol. The topological polar surface area (TPSA) is 46.4 Å². The molecule has 1 N–H and O–H groups in total. The van der Waals surface area contributed by atoms with E-state index in [1.165, 1.54) is 0 Å². The highest BCUT2D eigenvalue weighted by Gasteiger charge is 2.19. The fourth-order valence-corrected chi connectivity index (χ4v) is 3.87. The normalized spacial score (nSPS) is 18.8. The van der Waals surface area contributed by atoms with Gasteiger partial charge in [-0.05, 0) is 5.92 Å². The molecule has 1 unspecified atom stereocenters. The number of hydrogen-bond donors (Lipinski definition) is 1. The number of imidazole rings is 1. The first-order valence-corrected chi connectivity index (χ1v) is 7.65. The van der Waals surface area contributed by atoms with Gasteiger partial charge in [0.05, 0.1) is 11.4 Å². The molecule has 0 saturated carbocycles. The van der Waals surface area contributed by atoms with Crippen LogP contribution in [0.1, 0.15) is 5.69 Å². The van der Waals surface area contributed by atoms with Gasteiger partial charge in [0.15, 0.2) is 4.96 Å². The van der Waals surface area contributed by atoms with Crippen molar-refractivity contribution in [1.82, 2.24) is 14.7 Å². The van der Waals surface area contributed by atoms with E-state index in [2.05, 4.69) is 10.3 Å². The van der Waals surface area contributed by atoms with Gasteiger partial charge in [-0.1, -0.05) is 0 Å². The zero-order chi connectivity index (χ0) is 11.0. The number of nitrogens with one attached hydrogen (secondary N) is 1. The van der Waals surface area contributed by atoms with E-state index < -0.39 is 10.8 Å². The van der Waals surface area contributed by atoms with Crippen LogP contribution < -0.4 is 5.32 Å². The van der Waals surface area contributed by atoms with E-state index >= 15 is 0 Å². The summed E-state index contributed by atoms with van der Waals surface area (Å²) in [6.07, 6.45) is 3.96. The highest BCUT2D eigenvalue weighted by Crippen LogP contribution is 2.14. The summed E-state index contributed by atoms with van der Waals surface area (Å²) in [4.78, 5) is 5.42. The second-order valence-corrected chi connectivity index (χ2v) is 6.47. The van der Waals surface area contributed by atoms with Crippen LogP contribution in [0.15, 0.2) is 17.8 Å². The van der Waals surface area contributed by atoms with Gasteiger partial charge in [0.2, 0.25) is 0 Å². The lowest BCUT2D eigenvalue weighted by Crippen LogP contribution is -2.44. The summed E-state index contributed by atoms with van der Waals surface area (Å²) in [5, 5.41) is 5.20. The molecular formula is C10H13N3OS2. The molecular weight excluding hydrogens is 242 g/mol. The first kappa shape index (κ1) is 10.4. The first-order valence-electron chi connectivity index (χ1n) is 5.28. The van der Waals surface area contributed by atoms with Crippen molar-refractivity contribution in [1.29, 1.82) is 0 Å². The lowest BCUT2D eigenvalue weighted by atomic mass is 10.1. The summed E-state index contributed by atoms with van der Waals surface area (Å²) in [5.74, 6) is 1.99. The van der Waals surface area contributed by atoms with Gasteiger partial charge in [-0.25, -0.2) is 4.98 Å². The Morgan fingerprint density at radius 3 is 3.19 bits per heavy atom. The van der Waals surface area contributed by atoms with Crippen LogP contribution in [0, 0.1) is 5.92 Å². The number of rotatable bonds is 4. The summed E-state index contributed by atoms with van der Waals surface area (Å²) in [6.45, 7) is 2.04. The summed E-state index contributed by atoms with van der Waals surface area (Å²) < 4.78 is 13.8. The van der Waals surface area contributed by atoms with E-state index in [9.17, 15) is 4.21 Å². The molecule has 4 nitrogen and oxygen atoms in total. The number of fused-ring (bicyclic) bond motifs is 1. The van der Waals surface area contributed by atoms with Crippen molar-refractivity contribution in [3.63, 3.8) is 0 Å². The van der Waals surface area contributed by atoms with E-state index in [-0.39, 0.29) is 0 Å². The molecule has 86 valence electrons. The average molecular weight is 255 g/mol. The smallest absolute Gasteiger partial charge is 0.193 e. The fourth-order valence-electron chi connectivity index (χ4n) is 1.80. The van der Waals surface area contributed by atoms with Crippen molar-refractivity contribution in [3.8, 4) is 0 Å². The van der Waals surface area contributed by atoms with Gasteiger partial charge in [0.1, 0.15) is 0 Å². The minimum Gasteiger partial charge on any atom is -0.316 e. The van der Waals surface area contributed by atoms with E-state index in [4.69, 9.17) is 0 Å². The Kier molecular flexibility index (Phi) is 2.79. The Morgan fingerprint density at radius 2 is 2.50 bits per heavy atom. The Balaban J connectivity index is 1.64. The molecule has 0 aromatic carbocycles. The van der Waals surface area contributed by atoms with Gasteiger partial charge >= 0.3 is 0 Å². The molecule has 1 aliphatic rings. The summed E-state index contributed by atoms with van der Waals surface area (Å²) in [7, 11) is -0.772. The Morgan fingerprint density at radius 1 is 1.62 bits per heavy atom. The maximum absolute atomic E-state index is 11.9. The Hall–Kier alpha value is -0.720. The highest BCUT2D eigenvalue weighted by atomic mass is 32.2. The van der Waals surface area contributed by atoms with Crippen molar-refractivity contribution >= 4 is 27.1 Å². The van der Waals surface area contributed by atoms with Crippen LogP contribution in [0.2, 0.25) is 0 Å². The molecule has 3 rings (SSSR count). The molecule has 0 amide bonds. The third-order valence-corrected chi connectivity index (χ3v) is 4.97. The van der Waals surface area contributed by atoms with Crippen LogP contribution in [-0.2, 0) is 16.6 Å². The lowest BCUT2D eigenvalue weighted by molar-refractivity contribution is 0.382. The highest BCUT2D eigenvalue weighted by molar-refractivity contribution is 7.84. The van der Waals surface area contributed by atoms with E-state index in [0.717, 1.165) is 29.5 Å². The quantitative estimate of drug-likeness (QED) is 0.881. The van der Waals surface area contributed by atoms with Crippen LogP contribution >= 0.6 is 11.3 Å². The first-order chi connectivity index (χ1) is 7.81. The second kappa shape index (κ2) is 4.27. The predicted octanol–water partition coefficient (Wildman–Crippen LogP) is 0.864. The van der Waals surface area contributed by atoms with Gasteiger partial charge in [0, 0.05) is 47.4 Å². The molecule has 0 bridgehead atoms. The van der Waals surface area contributed by atoms with Crippen molar-refractivity contribution in [2.45, 2.75) is 5.75 Å². The van der Waals surface area contributed by atoms with Crippen LogP contribution in [0.4, 0.5) is 0 Å². The van der Waals surface area contributed by atoms with Gasteiger partial charge < -0.3 is 5.32 Å². The zero-order valence-electron chi connectivity index (χ0n) is 8.76. The van der Waals surface area contributed by atoms with Crippen LogP contribution in [0.5, 0.6) is 0 Å². The molecule has 1 aliphatic heterocycles. The fraction of sp³-hybridized carbons (Fsp3) is 0.500. The van der Waals surface area contributed by atoms with Crippen molar-refractivity contribution in [3.05, 3.63) is 23.5 Å². The second-order valence-electron chi connectivity index (χ2n) is 4.10. The maximum Gasteiger partial charge on any atom is 0.193 e. The maximum atomic E-state index is 11.9. The SMILES string of the molecule is O=S(Cc1cn2ccsc2n1)CC1CNC1. The number of hydrogen-bond acceptors (Lipinski definition) is 4. The van der Waals surface area contributed by atoms with Crippen LogP contribution in [0.25, 0.3) is 4.96 Å². The molecule has 16 heavy (non-hydrogen) atoms. The minimum atomic E-state index is -0.772. The molecule has 0 aliphatic carbocycles. The van der Waals surface area contributed by atoms with Gasteiger partial charge in [0.25, 0.3) is 0 Å². The van der Waals surface area contributed by atoms with Gasteiger partial charge in [-0.15, -0.1) is 11.3 Å². The molecule has 0 spiro atoms. The van der Waals surface area contributed by atoms with Gasteiger partial charge in [-0.2, -0.15) is 0 Å². The predicted molar refractivity (Wildman–Crippen MR) is 66.1 cm³/mol. The third-order valence-electron chi connectivity index (χ3n) is 2.74. The molecule has 0 radical (unpaired) electrons. The standard InChI is InChI=1S/C10H13N3OS2/c14-16(6-8-3-11-4-8)7-9-5-13-1-2-15-10(13)12-9/h1-2,5,8,11H,3-4,6-7H2. The summed E-state index contributed by atoms with van der Waals surface area (Å²) in [6, 6.07) is 0. The Bertz CT molecular complexity index is 486.